The Bertz CT molecular complexity index is 490. The van der Waals surface area contributed by atoms with Gasteiger partial charge in [-0.15, -0.1) is 0 Å². The quantitative estimate of drug-likeness (QED) is 0.771. The molecule has 2 rings (SSSR count). The minimum atomic E-state index is -4.57. The summed E-state index contributed by atoms with van der Waals surface area (Å²) in [5.41, 5.74) is 5.70. The van der Waals surface area contributed by atoms with Gasteiger partial charge in [-0.2, -0.15) is 13.2 Å². The highest BCUT2D eigenvalue weighted by molar-refractivity contribution is 5.92. The number of carbonyl (C=O) groups is 1. The molecule has 18 heavy (non-hydrogen) atoms. The van der Waals surface area contributed by atoms with E-state index in [-0.39, 0.29) is 11.4 Å². The minimum Gasteiger partial charge on any atom is -0.477 e. The maximum absolute atomic E-state index is 12.7. The van der Waals surface area contributed by atoms with Gasteiger partial charge >= 0.3 is 12.2 Å². The lowest BCUT2D eigenvalue weighted by Gasteiger charge is -2.34. The van der Waals surface area contributed by atoms with E-state index in [4.69, 9.17) is 10.5 Å². The van der Waals surface area contributed by atoms with E-state index >= 15 is 0 Å². The third-order valence-electron chi connectivity index (χ3n) is 2.52. The molecular weight excluding hydrogens is 251 g/mol. The number of pyridine rings is 1. The van der Waals surface area contributed by atoms with Crippen LogP contribution in [0.15, 0.2) is 12.3 Å². The molecule has 0 saturated heterocycles. The third-order valence-corrected chi connectivity index (χ3v) is 2.52. The van der Waals surface area contributed by atoms with Crippen LogP contribution < -0.4 is 15.4 Å². The van der Waals surface area contributed by atoms with Gasteiger partial charge in [-0.25, -0.2) is 4.79 Å². The van der Waals surface area contributed by atoms with E-state index in [1.807, 2.05) is 0 Å². The standard InChI is InChI=1S/C10H10F3N3O2/c1-5-2-7-6(3-15-5)16(9(14)17)4-8(18-7)10(11,12)13/h2-3,8H,4H2,1H3,(H2,14,17). The van der Waals surface area contributed by atoms with Crippen LogP contribution in [0.3, 0.4) is 0 Å². The van der Waals surface area contributed by atoms with Crippen molar-refractivity contribution in [1.29, 1.82) is 0 Å². The maximum atomic E-state index is 12.7. The number of fused-ring (bicyclic) bond motifs is 1. The lowest BCUT2D eigenvalue weighted by atomic mass is 10.2. The number of amides is 2. The van der Waals surface area contributed by atoms with Crippen LogP contribution in [0.25, 0.3) is 0 Å². The number of alkyl halides is 3. The van der Waals surface area contributed by atoms with Gasteiger partial charge in [0.15, 0.2) is 0 Å². The van der Waals surface area contributed by atoms with E-state index in [9.17, 15) is 18.0 Å². The first-order chi connectivity index (χ1) is 8.29. The number of hydrogen-bond donors (Lipinski definition) is 1. The first kappa shape index (κ1) is 12.5. The maximum Gasteiger partial charge on any atom is 0.427 e. The molecular formula is C10H10F3N3O2. The average Bonchev–Trinajstić information content (AvgIpc) is 2.25. The minimum absolute atomic E-state index is 0.0464. The SMILES string of the molecule is Cc1cc2c(cn1)N(C(N)=O)CC(C(F)(F)F)O2. The number of carbonyl (C=O) groups excluding carboxylic acids is 1. The third kappa shape index (κ3) is 2.18. The molecule has 1 aliphatic heterocycles. The summed E-state index contributed by atoms with van der Waals surface area (Å²) in [6.07, 6.45) is -5.38. The summed E-state index contributed by atoms with van der Waals surface area (Å²) < 4.78 is 42.8. The smallest absolute Gasteiger partial charge is 0.427 e. The van der Waals surface area contributed by atoms with Crippen molar-refractivity contribution in [3.05, 3.63) is 18.0 Å². The Morgan fingerprint density at radius 3 is 2.83 bits per heavy atom. The molecule has 0 spiro atoms. The molecule has 1 aliphatic rings. The summed E-state index contributed by atoms with van der Waals surface area (Å²) in [6, 6.07) is 0.364. The number of nitrogens with two attached hydrogens (primary N) is 1. The molecule has 0 aliphatic carbocycles. The number of primary amides is 1. The van der Waals surface area contributed by atoms with Gasteiger partial charge in [0.2, 0.25) is 6.10 Å². The van der Waals surface area contributed by atoms with Crippen LogP contribution in [-0.2, 0) is 0 Å². The molecule has 0 bridgehead atoms. The van der Waals surface area contributed by atoms with Crippen LogP contribution in [0.5, 0.6) is 5.75 Å². The second kappa shape index (κ2) is 4.04. The fourth-order valence-electron chi connectivity index (χ4n) is 1.66. The second-order valence-electron chi connectivity index (χ2n) is 3.89. The van der Waals surface area contributed by atoms with E-state index in [1.54, 1.807) is 6.92 Å². The Morgan fingerprint density at radius 1 is 1.61 bits per heavy atom. The summed E-state index contributed by atoms with van der Waals surface area (Å²) in [5.74, 6) is -0.0464. The molecule has 2 heterocycles. The van der Waals surface area contributed by atoms with Crippen molar-refractivity contribution in [2.45, 2.75) is 19.2 Å². The normalized spacial score (nSPS) is 19.1. The predicted molar refractivity (Wildman–Crippen MR) is 56.4 cm³/mol. The molecule has 2 amide bonds. The van der Waals surface area contributed by atoms with Crippen molar-refractivity contribution in [3.8, 4) is 5.75 Å². The van der Waals surface area contributed by atoms with E-state index in [2.05, 4.69) is 4.98 Å². The van der Waals surface area contributed by atoms with Gasteiger partial charge in [0.05, 0.1) is 12.7 Å². The molecule has 0 saturated carbocycles. The topological polar surface area (TPSA) is 68.5 Å². The van der Waals surface area contributed by atoms with Crippen molar-refractivity contribution in [2.75, 3.05) is 11.4 Å². The average molecular weight is 261 g/mol. The Labute approximate surface area is 100 Å². The number of hydrogen-bond acceptors (Lipinski definition) is 3. The van der Waals surface area contributed by atoms with Crippen LogP contribution >= 0.6 is 0 Å². The van der Waals surface area contributed by atoms with Crippen molar-refractivity contribution in [1.82, 2.24) is 4.98 Å². The number of aromatic nitrogens is 1. The number of rotatable bonds is 0. The summed E-state index contributed by atoms with van der Waals surface area (Å²) in [5, 5.41) is 0. The van der Waals surface area contributed by atoms with Crippen LogP contribution in [0.4, 0.5) is 23.7 Å². The summed E-state index contributed by atoms with van der Waals surface area (Å²) >= 11 is 0. The lowest BCUT2D eigenvalue weighted by Crippen LogP contribution is -2.51. The molecule has 1 unspecified atom stereocenters. The highest BCUT2D eigenvalue weighted by Gasteiger charge is 2.46. The highest BCUT2D eigenvalue weighted by Crippen LogP contribution is 2.37. The van der Waals surface area contributed by atoms with Gasteiger partial charge < -0.3 is 10.5 Å². The van der Waals surface area contributed by atoms with Gasteiger partial charge in [-0.3, -0.25) is 9.88 Å². The first-order valence-corrected chi connectivity index (χ1v) is 5.06. The van der Waals surface area contributed by atoms with Crippen LogP contribution in [0.1, 0.15) is 5.69 Å². The van der Waals surface area contributed by atoms with Gasteiger partial charge in [-0.1, -0.05) is 0 Å². The molecule has 8 heteroatoms. The van der Waals surface area contributed by atoms with Crippen molar-refractivity contribution in [3.63, 3.8) is 0 Å². The zero-order valence-electron chi connectivity index (χ0n) is 9.36. The van der Waals surface area contributed by atoms with Gasteiger partial charge in [0.1, 0.15) is 11.4 Å². The number of halogens is 3. The number of urea groups is 1. The monoisotopic (exact) mass is 261 g/mol. The zero-order valence-corrected chi connectivity index (χ0v) is 9.36. The van der Waals surface area contributed by atoms with Gasteiger partial charge in [0, 0.05) is 11.8 Å². The molecule has 1 aromatic rings. The van der Waals surface area contributed by atoms with E-state index in [1.165, 1.54) is 12.3 Å². The van der Waals surface area contributed by atoms with E-state index in [0.29, 0.717) is 5.69 Å². The Balaban J connectivity index is 2.44. The molecule has 1 atom stereocenters. The highest BCUT2D eigenvalue weighted by atomic mass is 19.4. The molecule has 0 radical (unpaired) electrons. The Kier molecular flexibility index (Phi) is 2.80. The van der Waals surface area contributed by atoms with Crippen LogP contribution in [0, 0.1) is 6.92 Å². The van der Waals surface area contributed by atoms with Crippen molar-refractivity contribution >= 4 is 11.7 Å². The van der Waals surface area contributed by atoms with Crippen molar-refractivity contribution < 1.29 is 22.7 Å². The summed E-state index contributed by atoms with van der Waals surface area (Å²) in [6.45, 7) is 0.937. The lowest BCUT2D eigenvalue weighted by molar-refractivity contribution is -0.193. The molecule has 5 nitrogen and oxygen atoms in total. The number of aryl methyl sites for hydroxylation is 1. The first-order valence-electron chi connectivity index (χ1n) is 5.06. The second-order valence-corrected chi connectivity index (χ2v) is 3.89. The van der Waals surface area contributed by atoms with E-state index in [0.717, 1.165) is 4.90 Å². The Hall–Kier alpha value is -1.99. The molecule has 98 valence electrons. The molecule has 0 fully saturated rings. The van der Waals surface area contributed by atoms with E-state index < -0.39 is 24.9 Å². The number of nitrogens with zero attached hydrogens (tertiary/aromatic N) is 2. The number of anilines is 1. The van der Waals surface area contributed by atoms with Gasteiger partial charge in [0.25, 0.3) is 0 Å². The largest absolute Gasteiger partial charge is 0.477 e. The number of ether oxygens (including phenoxy) is 1. The Morgan fingerprint density at radius 2 is 2.28 bits per heavy atom. The predicted octanol–water partition coefficient (Wildman–Crippen LogP) is 1.60. The molecule has 0 aromatic carbocycles. The van der Waals surface area contributed by atoms with Crippen LogP contribution in [-0.4, -0.2) is 29.8 Å². The fraction of sp³-hybridized carbons (Fsp3) is 0.400. The van der Waals surface area contributed by atoms with Crippen molar-refractivity contribution in [2.24, 2.45) is 5.73 Å². The molecule has 2 N–H and O–H groups in total. The van der Waals surface area contributed by atoms with Crippen LogP contribution in [0.2, 0.25) is 0 Å². The van der Waals surface area contributed by atoms with Gasteiger partial charge in [-0.05, 0) is 6.92 Å². The molecule has 1 aromatic heterocycles. The summed E-state index contributed by atoms with van der Waals surface area (Å²) in [4.78, 5) is 15.9. The fourth-order valence-corrected chi connectivity index (χ4v) is 1.66. The zero-order chi connectivity index (χ0) is 13.5. The summed E-state index contributed by atoms with van der Waals surface area (Å²) in [7, 11) is 0.